The molecule has 2 heterocycles. The average Bonchev–Trinajstić information content (AvgIpc) is 3.09. The Bertz CT molecular complexity index is 708. The third-order valence-corrected chi connectivity index (χ3v) is 5.90. The Morgan fingerprint density at radius 2 is 2.00 bits per heavy atom. The molecular weight excluding hydrogens is 425 g/mol. The van der Waals surface area contributed by atoms with Crippen LogP contribution in [-0.4, -0.2) is 37.5 Å². The summed E-state index contributed by atoms with van der Waals surface area (Å²) in [6, 6.07) is 10.4. The molecule has 0 fully saturated rings. The molecule has 0 bridgehead atoms. The zero-order chi connectivity index (χ0) is 17.6. The number of nitrogens with zero attached hydrogens (tertiary/aromatic N) is 1. The van der Waals surface area contributed by atoms with Gasteiger partial charge < -0.3 is 10.6 Å². The highest BCUT2D eigenvalue weighted by atomic mass is 35.5. The van der Waals surface area contributed by atoms with E-state index in [-0.39, 0.29) is 36.8 Å². The van der Waals surface area contributed by atoms with Gasteiger partial charge in [-0.3, -0.25) is 9.69 Å². The lowest BCUT2D eigenvalue weighted by Crippen LogP contribution is -2.40. The molecule has 0 spiro atoms. The molecule has 1 aliphatic rings. The lowest BCUT2D eigenvalue weighted by Gasteiger charge is -2.35. The van der Waals surface area contributed by atoms with Gasteiger partial charge in [0, 0.05) is 42.5 Å². The number of carbonyl (C=O) groups excluding carboxylic acids is 1. The Hall–Kier alpha value is -0.820. The summed E-state index contributed by atoms with van der Waals surface area (Å²) in [5.41, 5.74) is 2.61. The van der Waals surface area contributed by atoms with Gasteiger partial charge in [-0.2, -0.15) is 0 Å². The molecule has 0 saturated heterocycles. The maximum absolute atomic E-state index is 12.0. The second-order valence-corrected chi connectivity index (χ2v) is 7.75. The van der Waals surface area contributed by atoms with E-state index in [1.807, 2.05) is 30.5 Å². The molecule has 27 heavy (non-hydrogen) atoms. The van der Waals surface area contributed by atoms with Crippen LogP contribution in [0.3, 0.4) is 0 Å². The molecule has 0 aliphatic carbocycles. The van der Waals surface area contributed by atoms with Gasteiger partial charge in [0.05, 0.1) is 6.04 Å². The van der Waals surface area contributed by atoms with Crippen molar-refractivity contribution in [2.24, 2.45) is 0 Å². The van der Waals surface area contributed by atoms with Gasteiger partial charge in [-0.25, -0.2) is 0 Å². The quantitative estimate of drug-likeness (QED) is 0.668. The van der Waals surface area contributed by atoms with E-state index in [4.69, 9.17) is 11.6 Å². The number of thiophene rings is 1. The summed E-state index contributed by atoms with van der Waals surface area (Å²) >= 11 is 7.89. The third-order valence-electron chi connectivity index (χ3n) is 4.63. The van der Waals surface area contributed by atoms with Crippen LogP contribution in [0.15, 0.2) is 35.7 Å². The first-order chi connectivity index (χ1) is 12.2. The van der Waals surface area contributed by atoms with Gasteiger partial charge in [-0.05, 0) is 48.2 Å². The first-order valence-electron chi connectivity index (χ1n) is 8.63. The van der Waals surface area contributed by atoms with E-state index in [0.29, 0.717) is 19.5 Å². The van der Waals surface area contributed by atoms with Crippen LogP contribution in [0.4, 0.5) is 0 Å². The summed E-state index contributed by atoms with van der Waals surface area (Å²) in [7, 11) is 1.86. The van der Waals surface area contributed by atoms with Gasteiger partial charge in [0.2, 0.25) is 5.91 Å². The molecule has 1 aromatic heterocycles. The molecule has 1 atom stereocenters. The summed E-state index contributed by atoms with van der Waals surface area (Å²) < 4.78 is 0. The standard InChI is InChI=1S/C19H24ClN3OS.2ClH/c1-21-9-6-19(24)22-12-17(14-2-4-16(20)5-3-14)23-10-7-18-15(13-23)8-11-25-18;;/h2-5,8,11,17,21H,6-7,9-10,12-13H2,1H3,(H,22,24);2*1H. The highest BCUT2D eigenvalue weighted by Crippen LogP contribution is 2.30. The van der Waals surface area contributed by atoms with Crippen molar-refractivity contribution in [3.8, 4) is 0 Å². The Morgan fingerprint density at radius 1 is 1.26 bits per heavy atom. The normalized spacial score (nSPS) is 14.4. The molecule has 0 radical (unpaired) electrons. The van der Waals surface area contributed by atoms with Crippen LogP contribution in [0.2, 0.25) is 5.02 Å². The zero-order valence-corrected chi connectivity index (χ0v) is 18.4. The smallest absolute Gasteiger partial charge is 0.221 e. The van der Waals surface area contributed by atoms with Crippen LogP contribution >= 0.6 is 47.8 Å². The Balaban J connectivity index is 0.00000182. The molecule has 2 N–H and O–H groups in total. The predicted molar refractivity (Wildman–Crippen MR) is 119 cm³/mol. The average molecular weight is 451 g/mol. The SMILES string of the molecule is CNCCC(=O)NCC(c1ccc(Cl)cc1)N1CCc2sccc2C1.Cl.Cl. The van der Waals surface area contributed by atoms with E-state index in [9.17, 15) is 4.79 Å². The minimum atomic E-state index is 0. The summed E-state index contributed by atoms with van der Waals surface area (Å²) in [6.45, 7) is 3.24. The van der Waals surface area contributed by atoms with Crippen LogP contribution < -0.4 is 10.6 Å². The summed E-state index contributed by atoms with van der Waals surface area (Å²) in [5.74, 6) is 0.0848. The fraction of sp³-hybridized carbons (Fsp3) is 0.421. The van der Waals surface area contributed by atoms with Crippen LogP contribution in [0.25, 0.3) is 0 Å². The number of hydrogen-bond donors (Lipinski definition) is 2. The van der Waals surface area contributed by atoms with Crippen molar-refractivity contribution in [3.05, 3.63) is 56.7 Å². The number of rotatable bonds is 7. The van der Waals surface area contributed by atoms with Crippen LogP contribution in [0, 0.1) is 0 Å². The predicted octanol–water partition coefficient (Wildman–Crippen LogP) is 4.07. The van der Waals surface area contributed by atoms with Crippen molar-refractivity contribution < 1.29 is 4.79 Å². The van der Waals surface area contributed by atoms with Crippen molar-refractivity contribution in [1.82, 2.24) is 15.5 Å². The van der Waals surface area contributed by atoms with Crippen molar-refractivity contribution in [3.63, 3.8) is 0 Å². The topological polar surface area (TPSA) is 44.4 Å². The molecule has 150 valence electrons. The van der Waals surface area contributed by atoms with Crippen molar-refractivity contribution in [2.45, 2.75) is 25.4 Å². The van der Waals surface area contributed by atoms with Gasteiger partial charge >= 0.3 is 0 Å². The van der Waals surface area contributed by atoms with Crippen molar-refractivity contribution >= 4 is 53.7 Å². The van der Waals surface area contributed by atoms with E-state index in [0.717, 1.165) is 24.5 Å². The lowest BCUT2D eigenvalue weighted by atomic mass is 10.0. The molecule has 1 aromatic carbocycles. The highest BCUT2D eigenvalue weighted by Gasteiger charge is 2.25. The molecular formula is C19H26Cl3N3OS. The number of carbonyl (C=O) groups is 1. The monoisotopic (exact) mass is 449 g/mol. The molecule has 2 aromatic rings. The molecule has 3 rings (SSSR count). The number of amides is 1. The second kappa shape index (κ2) is 11.9. The van der Waals surface area contributed by atoms with Gasteiger partial charge in [-0.15, -0.1) is 36.2 Å². The fourth-order valence-corrected chi connectivity index (χ4v) is 4.23. The Kier molecular flexibility index (Phi) is 10.7. The number of fused-ring (bicyclic) bond motifs is 1. The Morgan fingerprint density at radius 3 is 2.70 bits per heavy atom. The first-order valence-corrected chi connectivity index (χ1v) is 9.89. The summed E-state index contributed by atoms with van der Waals surface area (Å²) in [6.07, 6.45) is 1.57. The second-order valence-electron chi connectivity index (χ2n) is 6.31. The van der Waals surface area contributed by atoms with Crippen LogP contribution in [0.5, 0.6) is 0 Å². The van der Waals surface area contributed by atoms with Gasteiger partial charge in [0.15, 0.2) is 0 Å². The van der Waals surface area contributed by atoms with Gasteiger partial charge in [0.1, 0.15) is 0 Å². The maximum Gasteiger partial charge on any atom is 0.221 e. The zero-order valence-electron chi connectivity index (χ0n) is 15.2. The van der Waals surface area contributed by atoms with E-state index in [2.05, 4.69) is 39.1 Å². The largest absolute Gasteiger partial charge is 0.354 e. The first kappa shape index (κ1) is 24.2. The number of nitrogens with one attached hydrogen (secondary N) is 2. The maximum atomic E-state index is 12.0. The van der Waals surface area contributed by atoms with Gasteiger partial charge in [0.25, 0.3) is 0 Å². The summed E-state index contributed by atoms with van der Waals surface area (Å²) in [4.78, 5) is 16.0. The highest BCUT2D eigenvalue weighted by molar-refractivity contribution is 7.10. The van der Waals surface area contributed by atoms with Crippen molar-refractivity contribution in [2.75, 3.05) is 26.7 Å². The van der Waals surface area contributed by atoms with E-state index < -0.39 is 0 Å². The molecule has 1 aliphatic heterocycles. The van der Waals surface area contributed by atoms with Crippen LogP contribution in [0.1, 0.15) is 28.5 Å². The van der Waals surface area contributed by atoms with Crippen LogP contribution in [-0.2, 0) is 17.8 Å². The van der Waals surface area contributed by atoms with E-state index in [1.165, 1.54) is 16.0 Å². The number of hydrogen-bond acceptors (Lipinski definition) is 4. The molecule has 0 saturated carbocycles. The number of benzene rings is 1. The lowest BCUT2D eigenvalue weighted by molar-refractivity contribution is -0.121. The Labute approximate surface area is 182 Å². The minimum absolute atomic E-state index is 0. The summed E-state index contributed by atoms with van der Waals surface area (Å²) in [5, 5.41) is 9.01. The molecule has 4 nitrogen and oxygen atoms in total. The molecule has 1 unspecified atom stereocenters. The minimum Gasteiger partial charge on any atom is -0.354 e. The fourth-order valence-electron chi connectivity index (χ4n) is 3.22. The molecule has 8 heteroatoms. The van der Waals surface area contributed by atoms with E-state index >= 15 is 0 Å². The van der Waals surface area contributed by atoms with E-state index in [1.54, 1.807) is 0 Å². The third kappa shape index (κ3) is 6.63. The molecule has 1 amide bonds. The van der Waals surface area contributed by atoms with Crippen molar-refractivity contribution in [1.29, 1.82) is 0 Å². The number of halogens is 3. The van der Waals surface area contributed by atoms with Gasteiger partial charge in [-0.1, -0.05) is 23.7 Å².